The highest BCUT2D eigenvalue weighted by Crippen LogP contribution is 2.26. The smallest absolute Gasteiger partial charge is 0.220 e. The van der Waals surface area contributed by atoms with Crippen LogP contribution < -0.4 is 5.32 Å². The zero-order valence-corrected chi connectivity index (χ0v) is 15.9. The van der Waals surface area contributed by atoms with E-state index in [0.29, 0.717) is 13.0 Å². The number of hydrogen-bond donors (Lipinski definition) is 1. The molecule has 0 aliphatic rings. The molecule has 5 heteroatoms. The van der Waals surface area contributed by atoms with Crippen molar-refractivity contribution in [2.24, 2.45) is 0 Å². The van der Waals surface area contributed by atoms with E-state index in [2.05, 4.69) is 41.3 Å². The van der Waals surface area contributed by atoms with Crippen LogP contribution in [-0.2, 0) is 16.6 Å². The van der Waals surface area contributed by atoms with E-state index >= 15 is 0 Å². The molecule has 1 aromatic carbocycles. The van der Waals surface area contributed by atoms with Crippen LogP contribution in [0.5, 0.6) is 0 Å². The average Bonchev–Trinajstić information content (AvgIpc) is 3.12. The van der Waals surface area contributed by atoms with Gasteiger partial charge in [-0.15, -0.1) is 11.3 Å². The lowest BCUT2D eigenvalue weighted by molar-refractivity contribution is -0.122. The summed E-state index contributed by atoms with van der Waals surface area (Å²) in [6, 6.07) is 14.1. The zero-order valence-electron chi connectivity index (χ0n) is 15.1. The van der Waals surface area contributed by atoms with Gasteiger partial charge in [-0.1, -0.05) is 44.2 Å². The molecule has 0 spiro atoms. The summed E-state index contributed by atoms with van der Waals surface area (Å²) in [6.07, 6.45) is 4.77. The van der Waals surface area contributed by atoms with E-state index < -0.39 is 0 Å². The van der Waals surface area contributed by atoms with Crippen molar-refractivity contribution in [2.75, 3.05) is 6.54 Å². The third-order valence-corrected chi connectivity index (χ3v) is 5.26. The minimum Gasteiger partial charge on any atom is -0.356 e. The minimum absolute atomic E-state index is 0.0709. The first-order chi connectivity index (χ1) is 12.5. The third kappa shape index (κ3) is 4.76. The van der Waals surface area contributed by atoms with Crippen molar-refractivity contribution in [1.82, 2.24) is 15.3 Å². The molecule has 0 saturated heterocycles. The highest BCUT2D eigenvalue weighted by molar-refractivity contribution is 7.13. The van der Waals surface area contributed by atoms with Gasteiger partial charge in [-0.05, 0) is 23.1 Å². The summed E-state index contributed by atoms with van der Waals surface area (Å²) in [5.74, 6) is 0.0709. The summed E-state index contributed by atoms with van der Waals surface area (Å²) in [5.41, 5.74) is 3.02. The van der Waals surface area contributed by atoms with Crippen molar-refractivity contribution in [2.45, 2.75) is 32.1 Å². The van der Waals surface area contributed by atoms with Gasteiger partial charge in [-0.3, -0.25) is 9.78 Å². The van der Waals surface area contributed by atoms with Crippen LogP contribution in [0.15, 0.2) is 60.2 Å². The van der Waals surface area contributed by atoms with Crippen molar-refractivity contribution >= 4 is 17.2 Å². The zero-order chi connectivity index (χ0) is 18.4. The highest BCUT2D eigenvalue weighted by atomic mass is 32.1. The van der Waals surface area contributed by atoms with Gasteiger partial charge in [0.15, 0.2) is 0 Å². The third-order valence-electron chi connectivity index (χ3n) is 4.32. The standard InChI is InChI=1S/C21H23N3OS/c1-21(2,17-8-4-3-5-9-17)13-19(25)23-12-10-18-15-26-20(24-18)16-7-6-11-22-14-16/h3-9,11,14-15H,10,12-13H2,1-2H3,(H,23,25). The maximum Gasteiger partial charge on any atom is 0.220 e. The van der Waals surface area contributed by atoms with Crippen LogP contribution in [-0.4, -0.2) is 22.4 Å². The summed E-state index contributed by atoms with van der Waals surface area (Å²) >= 11 is 1.60. The number of nitrogens with zero attached hydrogens (tertiary/aromatic N) is 2. The van der Waals surface area contributed by atoms with Gasteiger partial charge in [0.05, 0.1) is 5.69 Å². The maximum absolute atomic E-state index is 12.3. The molecule has 2 heterocycles. The number of carbonyl (C=O) groups excluding carboxylic acids is 1. The van der Waals surface area contributed by atoms with Gasteiger partial charge in [0, 0.05) is 42.7 Å². The summed E-state index contributed by atoms with van der Waals surface area (Å²) in [6.45, 7) is 4.80. The topological polar surface area (TPSA) is 54.9 Å². The lowest BCUT2D eigenvalue weighted by Gasteiger charge is -2.24. The normalized spacial score (nSPS) is 11.3. The largest absolute Gasteiger partial charge is 0.356 e. The van der Waals surface area contributed by atoms with Crippen molar-refractivity contribution in [3.8, 4) is 10.6 Å². The number of hydrogen-bond acceptors (Lipinski definition) is 4. The Morgan fingerprint density at radius 3 is 2.69 bits per heavy atom. The summed E-state index contributed by atoms with van der Waals surface area (Å²) in [7, 11) is 0. The van der Waals surface area contributed by atoms with Gasteiger partial charge in [-0.25, -0.2) is 4.98 Å². The summed E-state index contributed by atoms with van der Waals surface area (Å²) in [5, 5.41) is 6.03. The van der Waals surface area contributed by atoms with E-state index in [1.165, 1.54) is 5.56 Å². The van der Waals surface area contributed by atoms with Gasteiger partial charge >= 0.3 is 0 Å². The molecule has 3 rings (SSSR count). The molecule has 0 bridgehead atoms. The predicted octanol–water partition coefficient (Wildman–Crippen LogP) is 4.23. The van der Waals surface area contributed by atoms with E-state index in [-0.39, 0.29) is 11.3 Å². The molecule has 4 nitrogen and oxygen atoms in total. The molecule has 0 saturated carbocycles. The van der Waals surface area contributed by atoms with Crippen LogP contribution in [0.2, 0.25) is 0 Å². The number of rotatable bonds is 7. The monoisotopic (exact) mass is 365 g/mol. The number of amides is 1. The van der Waals surface area contributed by atoms with Gasteiger partial charge in [0.1, 0.15) is 5.01 Å². The van der Waals surface area contributed by atoms with Crippen molar-refractivity contribution < 1.29 is 4.79 Å². The van der Waals surface area contributed by atoms with Gasteiger partial charge in [0.2, 0.25) is 5.91 Å². The average molecular weight is 366 g/mol. The van der Waals surface area contributed by atoms with Crippen molar-refractivity contribution in [3.05, 3.63) is 71.5 Å². The fourth-order valence-electron chi connectivity index (χ4n) is 2.83. The van der Waals surface area contributed by atoms with Crippen LogP contribution in [0.25, 0.3) is 10.6 Å². The predicted molar refractivity (Wildman–Crippen MR) is 106 cm³/mol. The number of benzene rings is 1. The lowest BCUT2D eigenvalue weighted by atomic mass is 9.81. The van der Waals surface area contributed by atoms with E-state index in [9.17, 15) is 4.79 Å². The Morgan fingerprint density at radius 1 is 1.15 bits per heavy atom. The highest BCUT2D eigenvalue weighted by Gasteiger charge is 2.23. The number of aromatic nitrogens is 2. The molecule has 1 amide bonds. The first-order valence-electron chi connectivity index (χ1n) is 8.72. The van der Waals surface area contributed by atoms with Gasteiger partial charge in [-0.2, -0.15) is 0 Å². The van der Waals surface area contributed by atoms with Gasteiger partial charge < -0.3 is 5.32 Å². The van der Waals surface area contributed by atoms with Crippen LogP contribution in [0.4, 0.5) is 0 Å². The second kappa shape index (κ2) is 8.23. The van der Waals surface area contributed by atoms with Crippen molar-refractivity contribution in [1.29, 1.82) is 0 Å². The molecule has 0 aliphatic heterocycles. The van der Waals surface area contributed by atoms with Crippen LogP contribution in [0.3, 0.4) is 0 Å². The summed E-state index contributed by atoms with van der Waals surface area (Å²) in [4.78, 5) is 21.1. The Balaban J connectivity index is 1.49. The second-order valence-corrected chi connectivity index (χ2v) is 7.77. The maximum atomic E-state index is 12.3. The molecule has 0 aliphatic carbocycles. The Bertz CT molecular complexity index is 844. The quantitative estimate of drug-likeness (QED) is 0.682. The van der Waals surface area contributed by atoms with E-state index in [1.54, 1.807) is 17.5 Å². The summed E-state index contributed by atoms with van der Waals surface area (Å²) < 4.78 is 0. The molecule has 3 aromatic rings. The van der Waals surface area contributed by atoms with Crippen molar-refractivity contribution in [3.63, 3.8) is 0 Å². The number of pyridine rings is 1. The fraction of sp³-hybridized carbons (Fsp3) is 0.286. The molecular weight excluding hydrogens is 342 g/mol. The van der Waals surface area contributed by atoms with Crippen LogP contribution in [0.1, 0.15) is 31.5 Å². The molecule has 26 heavy (non-hydrogen) atoms. The molecule has 0 radical (unpaired) electrons. The SMILES string of the molecule is CC(C)(CC(=O)NCCc1csc(-c2cccnc2)n1)c1ccccc1. The lowest BCUT2D eigenvalue weighted by Crippen LogP contribution is -2.32. The second-order valence-electron chi connectivity index (χ2n) is 6.91. The first-order valence-corrected chi connectivity index (χ1v) is 9.59. The molecular formula is C21H23N3OS. The Kier molecular flexibility index (Phi) is 5.78. The Labute approximate surface area is 158 Å². The number of nitrogens with one attached hydrogen (secondary N) is 1. The Morgan fingerprint density at radius 2 is 1.96 bits per heavy atom. The van der Waals surface area contributed by atoms with E-state index in [0.717, 1.165) is 22.7 Å². The number of thiazole rings is 1. The molecule has 0 unspecified atom stereocenters. The molecule has 0 atom stereocenters. The van der Waals surface area contributed by atoms with Gasteiger partial charge in [0.25, 0.3) is 0 Å². The van der Waals surface area contributed by atoms with Crippen LogP contribution >= 0.6 is 11.3 Å². The molecule has 2 aromatic heterocycles. The number of carbonyl (C=O) groups is 1. The van der Waals surface area contributed by atoms with Crippen LogP contribution in [0, 0.1) is 0 Å². The van der Waals surface area contributed by atoms with E-state index in [1.807, 2.05) is 41.9 Å². The molecule has 0 fully saturated rings. The first kappa shape index (κ1) is 18.3. The van der Waals surface area contributed by atoms with E-state index in [4.69, 9.17) is 0 Å². The Hall–Kier alpha value is -2.53. The fourth-order valence-corrected chi connectivity index (χ4v) is 3.67. The molecule has 1 N–H and O–H groups in total. The minimum atomic E-state index is -0.181. The molecule has 134 valence electrons.